The monoisotopic (exact) mass is 409 g/mol. The molecule has 30 heavy (non-hydrogen) atoms. The minimum absolute atomic E-state index is 0.00979. The van der Waals surface area contributed by atoms with Crippen LogP contribution in [0.4, 0.5) is 0 Å². The molecule has 1 heterocycles. The van der Waals surface area contributed by atoms with Gasteiger partial charge in [-0.1, -0.05) is 19.9 Å². The van der Waals surface area contributed by atoms with Crippen LogP contribution in [0.5, 0.6) is 11.5 Å². The van der Waals surface area contributed by atoms with Crippen LogP contribution >= 0.6 is 0 Å². The van der Waals surface area contributed by atoms with Gasteiger partial charge >= 0.3 is 0 Å². The summed E-state index contributed by atoms with van der Waals surface area (Å²) in [5.74, 6) is 1.33. The zero-order valence-corrected chi connectivity index (χ0v) is 18.3. The second-order valence-electron chi connectivity index (χ2n) is 8.47. The van der Waals surface area contributed by atoms with E-state index in [1.54, 1.807) is 37.6 Å². The molecular formula is C23H27N3O4. The second-order valence-corrected chi connectivity index (χ2v) is 8.47. The lowest BCUT2D eigenvalue weighted by Crippen LogP contribution is -2.32. The van der Waals surface area contributed by atoms with Crippen molar-refractivity contribution in [1.29, 1.82) is 5.26 Å². The molecule has 0 fully saturated rings. The lowest BCUT2D eigenvalue weighted by molar-refractivity contribution is -0.119. The van der Waals surface area contributed by atoms with Crippen molar-refractivity contribution in [3.8, 4) is 17.6 Å². The van der Waals surface area contributed by atoms with Crippen molar-refractivity contribution in [1.82, 2.24) is 4.90 Å². The Hall–Kier alpha value is -3.27. The maximum absolute atomic E-state index is 13.2. The Morgan fingerprint density at radius 3 is 2.53 bits per heavy atom. The van der Waals surface area contributed by atoms with Gasteiger partial charge in [-0.25, -0.2) is 4.99 Å². The van der Waals surface area contributed by atoms with E-state index in [1.807, 2.05) is 34.0 Å². The van der Waals surface area contributed by atoms with E-state index in [1.165, 1.54) is 0 Å². The van der Waals surface area contributed by atoms with Crippen LogP contribution in [0.1, 0.15) is 38.2 Å². The molecule has 7 heteroatoms. The summed E-state index contributed by atoms with van der Waals surface area (Å²) in [7, 11) is 6.79. The smallest absolute Gasteiger partial charge is 0.235 e. The molecule has 0 saturated carbocycles. The maximum atomic E-state index is 13.2. The number of ether oxygens (including phenoxy) is 3. The van der Waals surface area contributed by atoms with Crippen LogP contribution in [0.15, 0.2) is 46.0 Å². The average molecular weight is 409 g/mol. The molecule has 0 bridgehead atoms. The molecule has 1 aliphatic heterocycles. The molecule has 1 unspecified atom stereocenters. The summed E-state index contributed by atoms with van der Waals surface area (Å²) in [6, 6.07) is 7.66. The first-order valence-corrected chi connectivity index (χ1v) is 9.71. The molecule has 0 amide bonds. The average Bonchev–Trinajstić information content (AvgIpc) is 2.69. The SMILES string of the molecule is COc1ccc(C2C(C#N)=C(N=CN(C)C)OC3=C2C(=O)CC(C)(C)C3)cc1OC. The van der Waals surface area contributed by atoms with Crippen LogP contribution in [-0.4, -0.2) is 45.3 Å². The number of nitrogens with zero attached hydrogens (tertiary/aromatic N) is 3. The molecule has 0 spiro atoms. The van der Waals surface area contributed by atoms with Crippen molar-refractivity contribution < 1.29 is 19.0 Å². The van der Waals surface area contributed by atoms with Gasteiger partial charge in [-0.2, -0.15) is 5.26 Å². The largest absolute Gasteiger partial charge is 0.493 e. The number of carbonyl (C=O) groups is 1. The summed E-state index contributed by atoms with van der Waals surface area (Å²) < 4.78 is 16.8. The molecule has 7 nitrogen and oxygen atoms in total. The van der Waals surface area contributed by atoms with Crippen molar-refractivity contribution >= 4 is 12.1 Å². The fraction of sp³-hybridized carbons (Fsp3) is 0.435. The number of ketones is 1. The van der Waals surface area contributed by atoms with E-state index < -0.39 is 5.92 Å². The Balaban J connectivity index is 2.22. The summed E-state index contributed by atoms with van der Waals surface area (Å²) in [5, 5.41) is 10.00. The van der Waals surface area contributed by atoms with Crippen LogP contribution in [0.3, 0.4) is 0 Å². The number of rotatable bonds is 5. The molecule has 158 valence electrons. The highest BCUT2D eigenvalue weighted by molar-refractivity contribution is 6.00. The zero-order valence-electron chi connectivity index (χ0n) is 18.3. The summed E-state index contributed by atoms with van der Waals surface area (Å²) >= 11 is 0. The summed E-state index contributed by atoms with van der Waals surface area (Å²) in [6.07, 6.45) is 2.57. The zero-order chi connectivity index (χ0) is 22.1. The quantitative estimate of drug-likeness (QED) is 0.543. The van der Waals surface area contributed by atoms with E-state index in [0.717, 1.165) is 5.56 Å². The number of Topliss-reactive ketones (excluding diaryl/α,β-unsaturated/α-hetero) is 1. The first-order chi connectivity index (χ1) is 14.2. The van der Waals surface area contributed by atoms with Gasteiger partial charge in [-0.3, -0.25) is 4.79 Å². The van der Waals surface area contributed by atoms with Gasteiger partial charge in [0.05, 0.1) is 26.5 Å². The first kappa shape index (κ1) is 21.4. The van der Waals surface area contributed by atoms with E-state index in [-0.39, 0.29) is 17.1 Å². The minimum atomic E-state index is -0.573. The Bertz CT molecular complexity index is 996. The minimum Gasteiger partial charge on any atom is -0.493 e. The highest BCUT2D eigenvalue weighted by Gasteiger charge is 2.43. The molecule has 0 saturated heterocycles. The van der Waals surface area contributed by atoms with Gasteiger partial charge < -0.3 is 19.1 Å². The number of aliphatic imine (C=N–C) groups is 1. The van der Waals surface area contributed by atoms with E-state index in [4.69, 9.17) is 14.2 Å². The number of hydrogen-bond donors (Lipinski definition) is 0. The fourth-order valence-electron chi connectivity index (χ4n) is 3.87. The van der Waals surface area contributed by atoms with E-state index >= 15 is 0 Å². The normalized spacial score (nSPS) is 20.6. The number of allylic oxidation sites excluding steroid dienone is 3. The van der Waals surface area contributed by atoms with Gasteiger partial charge in [0, 0.05) is 32.5 Å². The third-order valence-electron chi connectivity index (χ3n) is 5.17. The highest BCUT2D eigenvalue weighted by atomic mass is 16.5. The molecule has 1 aromatic rings. The van der Waals surface area contributed by atoms with Gasteiger partial charge in [0.2, 0.25) is 5.88 Å². The number of nitriles is 1. The third kappa shape index (κ3) is 4.04. The highest BCUT2D eigenvalue weighted by Crippen LogP contribution is 2.49. The summed E-state index contributed by atoms with van der Waals surface area (Å²) in [6.45, 7) is 4.07. The Morgan fingerprint density at radius 2 is 1.93 bits per heavy atom. The number of hydrogen-bond acceptors (Lipinski definition) is 6. The van der Waals surface area contributed by atoms with E-state index in [2.05, 4.69) is 11.1 Å². The van der Waals surface area contributed by atoms with E-state index in [0.29, 0.717) is 41.2 Å². The maximum Gasteiger partial charge on any atom is 0.235 e. The second kappa shape index (κ2) is 8.23. The number of benzene rings is 1. The molecule has 0 radical (unpaired) electrons. The number of methoxy groups -OCH3 is 2. The molecule has 1 atom stereocenters. The van der Waals surface area contributed by atoms with Crippen molar-refractivity contribution in [2.45, 2.75) is 32.6 Å². The van der Waals surface area contributed by atoms with Crippen LogP contribution in [0.2, 0.25) is 0 Å². The summed E-state index contributed by atoms with van der Waals surface area (Å²) in [4.78, 5) is 19.3. The first-order valence-electron chi connectivity index (χ1n) is 9.71. The molecule has 3 rings (SSSR count). The Morgan fingerprint density at radius 1 is 1.23 bits per heavy atom. The van der Waals surface area contributed by atoms with Gasteiger partial charge in [-0.15, -0.1) is 0 Å². The topological polar surface area (TPSA) is 84.1 Å². The van der Waals surface area contributed by atoms with Crippen LogP contribution in [0.25, 0.3) is 0 Å². The predicted molar refractivity (Wildman–Crippen MR) is 113 cm³/mol. The van der Waals surface area contributed by atoms with Crippen molar-refractivity contribution in [2.24, 2.45) is 10.4 Å². The number of carbonyl (C=O) groups excluding carboxylic acids is 1. The van der Waals surface area contributed by atoms with Gasteiger partial charge in [-0.05, 0) is 23.1 Å². The third-order valence-corrected chi connectivity index (χ3v) is 5.17. The fourth-order valence-corrected chi connectivity index (χ4v) is 3.87. The standard InChI is InChI=1S/C23H27N3O4/c1-23(2)10-16(27)21-19(11-23)30-22(25-13-26(3)4)15(12-24)20(21)14-7-8-17(28-5)18(9-14)29-6/h7-9,13,20H,10-11H2,1-6H3. The van der Waals surface area contributed by atoms with Gasteiger partial charge in [0.1, 0.15) is 17.4 Å². The molecule has 2 aliphatic rings. The predicted octanol–water partition coefficient (Wildman–Crippen LogP) is 3.79. The van der Waals surface area contributed by atoms with Crippen molar-refractivity contribution in [3.63, 3.8) is 0 Å². The van der Waals surface area contributed by atoms with Crippen LogP contribution in [0, 0.1) is 16.7 Å². The van der Waals surface area contributed by atoms with Crippen molar-refractivity contribution in [3.05, 3.63) is 46.6 Å². The van der Waals surface area contributed by atoms with Crippen molar-refractivity contribution in [2.75, 3.05) is 28.3 Å². The van der Waals surface area contributed by atoms with E-state index in [9.17, 15) is 10.1 Å². The van der Waals surface area contributed by atoms with Crippen LogP contribution < -0.4 is 9.47 Å². The van der Waals surface area contributed by atoms with Gasteiger partial charge in [0.15, 0.2) is 17.3 Å². The lowest BCUT2D eigenvalue weighted by Gasteiger charge is -2.37. The summed E-state index contributed by atoms with van der Waals surface area (Å²) in [5.41, 5.74) is 1.36. The Labute approximate surface area is 177 Å². The molecular weight excluding hydrogens is 382 g/mol. The van der Waals surface area contributed by atoms with Gasteiger partial charge in [0.25, 0.3) is 0 Å². The lowest BCUT2D eigenvalue weighted by atomic mass is 9.70. The molecule has 1 aromatic carbocycles. The molecule has 0 N–H and O–H groups in total. The molecule has 1 aliphatic carbocycles. The Kier molecular flexibility index (Phi) is 5.88. The van der Waals surface area contributed by atoms with Crippen LogP contribution in [-0.2, 0) is 9.53 Å². The molecule has 0 aromatic heterocycles.